The van der Waals surface area contributed by atoms with Crippen molar-refractivity contribution in [2.75, 3.05) is 13.1 Å². The molecule has 0 aliphatic carbocycles. The minimum absolute atomic E-state index is 0.0238. The molecule has 1 aliphatic heterocycles. The highest BCUT2D eigenvalue weighted by atomic mass is 35.5. The van der Waals surface area contributed by atoms with Crippen LogP contribution in [0.5, 0.6) is 0 Å². The molecule has 1 amide bonds. The Hall–Kier alpha value is -1.59. The molecule has 7 heteroatoms. The lowest BCUT2D eigenvalue weighted by Gasteiger charge is -2.30. The van der Waals surface area contributed by atoms with Gasteiger partial charge in [0.15, 0.2) is 0 Å². The van der Waals surface area contributed by atoms with Crippen molar-refractivity contribution >= 4 is 46.9 Å². The normalized spacial score (nSPS) is 16.0. The Morgan fingerprint density at radius 2 is 1.74 bits per heavy atom. The van der Waals surface area contributed by atoms with Crippen molar-refractivity contribution in [2.45, 2.75) is 19.4 Å². The summed E-state index contributed by atoms with van der Waals surface area (Å²) in [5, 5.41) is 5.83. The number of amides is 1. The molecular weight excluding hydrogens is 405 g/mol. The molecule has 2 aromatic carbocycles. The number of rotatable bonds is 5. The van der Waals surface area contributed by atoms with Crippen LogP contribution in [0.1, 0.15) is 24.0 Å². The van der Waals surface area contributed by atoms with E-state index < -0.39 is 0 Å². The van der Waals surface area contributed by atoms with Gasteiger partial charge in [-0.2, -0.15) is 5.10 Å². The summed E-state index contributed by atoms with van der Waals surface area (Å²) in [7, 11) is 0. The fourth-order valence-electron chi connectivity index (χ4n) is 3.06. The van der Waals surface area contributed by atoms with Crippen LogP contribution in [0.2, 0.25) is 15.1 Å². The van der Waals surface area contributed by atoms with E-state index in [0.29, 0.717) is 15.6 Å². The molecule has 1 aliphatic rings. The highest BCUT2D eigenvalue weighted by Gasteiger charge is 2.24. The van der Waals surface area contributed by atoms with E-state index in [0.717, 1.165) is 37.5 Å². The molecular formula is C20H20Cl3N3O. The summed E-state index contributed by atoms with van der Waals surface area (Å²) in [6.45, 7) is 2.64. The number of carbonyl (C=O) groups excluding carboxylic acids is 1. The van der Waals surface area contributed by atoms with Crippen molar-refractivity contribution in [1.29, 1.82) is 0 Å². The molecule has 0 unspecified atom stereocenters. The Morgan fingerprint density at radius 1 is 1.07 bits per heavy atom. The molecule has 0 atom stereocenters. The second-order valence-electron chi connectivity index (χ2n) is 6.58. The van der Waals surface area contributed by atoms with Crippen molar-refractivity contribution in [3.05, 3.63) is 68.7 Å². The van der Waals surface area contributed by atoms with E-state index in [1.54, 1.807) is 18.2 Å². The number of hydrogen-bond donors (Lipinski definition) is 1. The fraction of sp³-hybridized carbons (Fsp3) is 0.300. The second kappa shape index (κ2) is 9.56. The summed E-state index contributed by atoms with van der Waals surface area (Å²) in [5.41, 5.74) is 4.56. The van der Waals surface area contributed by atoms with Crippen molar-refractivity contribution < 1.29 is 4.79 Å². The topological polar surface area (TPSA) is 44.7 Å². The lowest BCUT2D eigenvalue weighted by atomic mass is 9.96. The van der Waals surface area contributed by atoms with E-state index >= 15 is 0 Å². The molecule has 1 N–H and O–H groups in total. The van der Waals surface area contributed by atoms with Gasteiger partial charge in [-0.1, -0.05) is 53.0 Å². The maximum absolute atomic E-state index is 12.3. The Morgan fingerprint density at radius 3 is 2.41 bits per heavy atom. The molecule has 142 valence electrons. The first-order valence-corrected chi connectivity index (χ1v) is 9.89. The number of halogens is 3. The number of nitrogens with zero attached hydrogens (tertiary/aromatic N) is 2. The third-order valence-corrected chi connectivity index (χ3v) is 5.43. The highest BCUT2D eigenvalue weighted by molar-refractivity contribution is 6.36. The van der Waals surface area contributed by atoms with E-state index in [4.69, 9.17) is 34.8 Å². The molecule has 0 aromatic heterocycles. The average molecular weight is 425 g/mol. The van der Waals surface area contributed by atoms with Gasteiger partial charge < -0.3 is 0 Å². The summed E-state index contributed by atoms with van der Waals surface area (Å²) < 4.78 is 0. The first-order chi connectivity index (χ1) is 13.0. The van der Waals surface area contributed by atoms with Gasteiger partial charge in [-0.3, -0.25) is 9.69 Å². The Labute approximate surface area is 174 Å². The molecule has 0 bridgehead atoms. The van der Waals surface area contributed by atoms with Gasteiger partial charge in [0.25, 0.3) is 0 Å². The number of benzene rings is 2. The molecule has 1 heterocycles. The fourth-order valence-corrected chi connectivity index (χ4v) is 3.65. The van der Waals surface area contributed by atoms with Crippen molar-refractivity contribution in [3.8, 4) is 0 Å². The average Bonchev–Trinajstić information content (AvgIpc) is 2.66. The van der Waals surface area contributed by atoms with Crippen LogP contribution >= 0.6 is 34.8 Å². The molecule has 3 rings (SSSR count). The van der Waals surface area contributed by atoms with Crippen molar-refractivity contribution in [2.24, 2.45) is 11.0 Å². The van der Waals surface area contributed by atoms with Crippen LogP contribution in [0.25, 0.3) is 0 Å². The van der Waals surface area contributed by atoms with Gasteiger partial charge in [0.2, 0.25) is 5.91 Å². The number of piperidine rings is 1. The summed E-state index contributed by atoms with van der Waals surface area (Å²) in [6.07, 6.45) is 3.17. The third kappa shape index (κ3) is 5.94. The van der Waals surface area contributed by atoms with Crippen molar-refractivity contribution in [3.63, 3.8) is 0 Å². The zero-order valence-electron chi connectivity index (χ0n) is 14.7. The van der Waals surface area contributed by atoms with Gasteiger partial charge >= 0.3 is 0 Å². The predicted octanol–water partition coefficient (Wildman–Crippen LogP) is 5.01. The van der Waals surface area contributed by atoms with Gasteiger partial charge in [0.1, 0.15) is 0 Å². The van der Waals surface area contributed by atoms with E-state index in [1.807, 2.05) is 24.3 Å². The molecule has 4 nitrogen and oxygen atoms in total. The highest BCUT2D eigenvalue weighted by Crippen LogP contribution is 2.21. The van der Waals surface area contributed by atoms with Crippen LogP contribution < -0.4 is 5.43 Å². The molecule has 0 radical (unpaired) electrons. The minimum Gasteiger partial charge on any atom is -0.299 e. The van der Waals surface area contributed by atoms with E-state index in [-0.39, 0.29) is 11.8 Å². The minimum atomic E-state index is -0.0533. The summed E-state index contributed by atoms with van der Waals surface area (Å²) in [6, 6.07) is 13.0. The van der Waals surface area contributed by atoms with Gasteiger partial charge in [0, 0.05) is 28.1 Å². The van der Waals surface area contributed by atoms with Gasteiger partial charge in [-0.05, 0) is 55.8 Å². The van der Waals surface area contributed by atoms with Gasteiger partial charge in [-0.25, -0.2) is 5.43 Å². The van der Waals surface area contributed by atoms with E-state index in [9.17, 15) is 4.79 Å². The number of nitrogens with one attached hydrogen (secondary N) is 1. The van der Waals surface area contributed by atoms with Crippen LogP contribution in [-0.2, 0) is 11.3 Å². The lowest BCUT2D eigenvalue weighted by Crippen LogP contribution is -2.39. The Bertz CT molecular complexity index is 816. The second-order valence-corrected chi connectivity index (χ2v) is 7.86. The van der Waals surface area contributed by atoms with E-state index in [1.165, 1.54) is 11.8 Å². The maximum Gasteiger partial charge on any atom is 0.243 e. The SMILES string of the molecule is O=C(NN=Cc1ccc(Cl)cc1Cl)C1CCN(Cc2ccc(Cl)cc2)CC1. The molecule has 0 saturated carbocycles. The van der Waals surface area contributed by atoms with Crippen LogP contribution in [0, 0.1) is 5.92 Å². The van der Waals surface area contributed by atoms with Crippen LogP contribution in [0.3, 0.4) is 0 Å². The van der Waals surface area contributed by atoms with Gasteiger partial charge in [-0.15, -0.1) is 0 Å². The summed E-state index contributed by atoms with van der Waals surface area (Å²) >= 11 is 17.9. The van der Waals surface area contributed by atoms with E-state index in [2.05, 4.69) is 15.4 Å². The Kier molecular flexibility index (Phi) is 7.13. The summed E-state index contributed by atoms with van der Waals surface area (Å²) in [5.74, 6) is -0.0770. The molecule has 27 heavy (non-hydrogen) atoms. The zero-order chi connectivity index (χ0) is 19.2. The molecule has 1 saturated heterocycles. The van der Waals surface area contributed by atoms with Crippen LogP contribution in [0.4, 0.5) is 0 Å². The first kappa shape index (κ1) is 20.2. The Balaban J connectivity index is 1.45. The zero-order valence-corrected chi connectivity index (χ0v) is 16.9. The molecule has 1 fully saturated rings. The number of hydrazone groups is 1. The quantitative estimate of drug-likeness (QED) is 0.542. The number of likely N-dealkylation sites (tertiary alicyclic amines) is 1. The van der Waals surface area contributed by atoms with Crippen molar-refractivity contribution in [1.82, 2.24) is 10.3 Å². The van der Waals surface area contributed by atoms with Crippen LogP contribution in [-0.4, -0.2) is 30.1 Å². The third-order valence-electron chi connectivity index (χ3n) is 4.62. The summed E-state index contributed by atoms with van der Waals surface area (Å²) in [4.78, 5) is 14.7. The number of carbonyl (C=O) groups is 1. The lowest BCUT2D eigenvalue weighted by molar-refractivity contribution is -0.126. The molecule has 0 spiro atoms. The number of hydrogen-bond acceptors (Lipinski definition) is 3. The smallest absolute Gasteiger partial charge is 0.243 e. The predicted molar refractivity (Wildman–Crippen MR) is 112 cm³/mol. The largest absolute Gasteiger partial charge is 0.299 e. The standard InChI is InChI=1S/C20H20Cl3N3O/c21-17-4-1-14(2-5-17)13-26-9-7-15(8-10-26)20(27)25-24-12-16-3-6-18(22)11-19(16)23/h1-6,11-12,15H,7-10,13H2,(H,25,27). The maximum atomic E-state index is 12.3. The van der Waals surface area contributed by atoms with Crippen LogP contribution in [0.15, 0.2) is 47.6 Å². The van der Waals surface area contributed by atoms with Gasteiger partial charge in [0.05, 0.1) is 11.2 Å². The molecule has 2 aromatic rings. The monoisotopic (exact) mass is 423 g/mol. The first-order valence-electron chi connectivity index (χ1n) is 8.76.